The van der Waals surface area contributed by atoms with Crippen LogP contribution in [0.2, 0.25) is 5.02 Å². The van der Waals surface area contributed by atoms with Gasteiger partial charge in [0.15, 0.2) is 16.4 Å². The predicted molar refractivity (Wildman–Crippen MR) is 96.0 cm³/mol. The molecule has 138 valence electrons. The molecule has 2 aliphatic heterocycles. The summed E-state index contributed by atoms with van der Waals surface area (Å²) in [6, 6.07) is 5.51. The minimum Gasteiger partial charge on any atom is -0.483 e. The van der Waals surface area contributed by atoms with Gasteiger partial charge in [-0.1, -0.05) is 11.6 Å². The van der Waals surface area contributed by atoms with E-state index in [0.717, 1.165) is 25.1 Å². The fraction of sp³-hybridized carbons (Fsp3) is 0.588. The van der Waals surface area contributed by atoms with Crippen molar-refractivity contribution in [3.63, 3.8) is 0 Å². The van der Waals surface area contributed by atoms with E-state index in [0.29, 0.717) is 29.6 Å². The van der Waals surface area contributed by atoms with E-state index in [1.165, 1.54) is 4.90 Å². The van der Waals surface area contributed by atoms with E-state index in [-0.39, 0.29) is 24.3 Å². The van der Waals surface area contributed by atoms with Gasteiger partial charge < -0.3 is 14.5 Å². The van der Waals surface area contributed by atoms with Gasteiger partial charge in [-0.25, -0.2) is 8.42 Å². The highest BCUT2D eigenvalue weighted by molar-refractivity contribution is 7.91. The maximum absolute atomic E-state index is 12.4. The van der Waals surface area contributed by atoms with E-state index in [9.17, 15) is 13.2 Å². The van der Waals surface area contributed by atoms with E-state index in [2.05, 4.69) is 0 Å². The molecule has 1 atom stereocenters. The van der Waals surface area contributed by atoms with Crippen molar-refractivity contribution in [2.45, 2.75) is 19.4 Å². The van der Waals surface area contributed by atoms with Gasteiger partial charge in [-0.05, 0) is 30.7 Å². The molecule has 1 amide bonds. The number of amides is 1. The molecule has 3 rings (SSSR count). The van der Waals surface area contributed by atoms with Crippen LogP contribution in [-0.2, 0) is 14.6 Å². The number of carbonyl (C=O) groups is 1. The Labute approximate surface area is 153 Å². The van der Waals surface area contributed by atoms with Crippen molar-refractivity contribution >= 4 is 27.3 Å². The Morgan fingerprint density at radius 3 is 2.68 bits per heavy atom. The van der Waals surface area contributed by atoms with E-state index in [1.807, 2.05) is 6.92 Å². The first-order valence-electron chi connectivity index (χ1n) is 8.56. The maximum atomic E-state index is 12.4. The van der Waals surface area contributed by atoms with Crippen LogP contribution >= 0.6 is 11.6 Å². The highest BCUT2D eigenvalue weighted by atomic mass is 35.5. The van der Waals surface area contributed by atoms with Gasteiger partial charge in [0.25, 0.3) is 5.91 Å². The number of piperazine rings is 1. The molecule has 0 saturated carbocycles. The molecular formula is C17H24ClN2O4S+. The van der Waals surface area contributed by atoms with Crippen LogP contribution < -0.4 is 9.64 Å². The van der Waals surface area contributed by atoms with E-state index in [1.54, 1.807) is 23.1 Å². The highest BCUT2D eigenvalue weighted by Crippen LogP contribution is 2.21. The Kier molecular flexibility index (Phi) is 5.55. The molecule has 0 spiro atoms. The summed E-state index contributed by atoms with van der Waals surface area (Å²) in [5.41, 5.74) is 0.900. The molecule has 1 N–H and O–H groups in total. The summed E-state index contributed by atoms with van der Waals surface area (Å²) in [6.45, 7) is 4.79. The van der Waals surface area contributed by atoms with Gasteiger partial charge in [-0.15, -0.1) is 0 Å². The number of carbonyl (C=O) groups excluding carboxylic acids is 1. The number of benzene rings is 1. The van der Waals surface area contributed by atoms with Crippen molar-refractivity contribution in [3.05, 3.63) is 28.8 Å². The lowest BCUT2D eigenvalue weighted by atomic mass is 10.2. The molecule has 2 fully saturated rings. The number of halogens is 1. The molecule has 2 saturated heterocycles. The van der Waals surface area contributed by atoms with Crippen LogP contribution in [0.4, 0.5) is 0 Å². The molecule has 6 nitrogen and oxygen atoms in total. The van der Waals surface area contributed by atoms with Gasteiger partial charge in [0, 0.05) is 11.4 Å². The summed E-state index contributed by atoms with van der Waals surface area (Å²) < 4.78 is 28.9. The molecule has 25 heavy (non-hydrogen) atoms. The smallest absolute Gasteiger partial charge is 0.260 e. The number of quaternary nitrogens is 1. The van der Waals surface area contributed by atoms with Crippen LogP contribution in [0.3, 0.4) is 0 Å². The molecule has 1 aromatic carbocycles. The van der Waals surface area contributed by atoms with Crippen LogP contribution in [0.15, 0.2) is 18.2 Å². The van der Waals surface area contributed by atoms with Gasteiger partial charge in [-0.3, -0.25) is 4.79 Å². The first-order chi connectivity index (χ1) is 11.8. The minimum atomic E-state index is -2.85. The molecule has 8 heteroatoms. The summed E-state index contributed by atoms with van der Waals surface area (Å²) in [5, 5.41) is 0.643. The number of ether oxygens (including phenoxy) is 1. The molecule has 0 radical (unpaired) electrons. The summed E-state index contributed by atoms with van der Waals surface area (Å²) in [7, 11) is -2.85. The monoisotopic (exact) mass is 387 g/mol. The van der Waals surface area contributed by atoms with Crippen LogP contribution in [-0.4, -0.2) is 69.6 Å². The number of sulfone groups is 1. The van der Waals surface area contributed by atoms with E-state index >= 15 is 0 Å². The van der Waals surface area contributed by atoms with E-state index in [4.69, 9.17) is 16.3 Å². The third-order valence-corrected chi connectivity index (χ3v) is 7.06. The third-order valence-electron chi connectivity index (χ3n) is 5.06. The summed E-state index contributed by atoms with van der Waals surface area (Å²) >= 11 is 5.92. The lowest BCUT2D eigenvalue weighted by Gasteiger charge is -2.35. The van der Waals surface area contributed by atoms with Crippen LogP contribution in [0.5, 0.6) is 5.75 Å². The van der Waals surface area contributed by atoms with Gasteiger partial charge in [-0.2, -0.15) is 0 Å². The lowest BCUT2D eigenvalue weighted by Crippen LogP contribution is -3.18. The quantitative estimate of drug-likeness (QED) is 0.786. The Balaban J connectivity index is 1.47. The zero-order valence-electron chi connectivity index (χ0n) is 14.3. The fourth-order valence-corrected chi connectivity index (χ4v) is 5.63. The predicted octanol–water partition coefficient (Wildman–Crippen LogP) is -0.0586. The number of hydrogen-bond donors (Lipinski definition) is 1. The molecule has 2 aliphatic rings. The van der Waals surface area contributed by atoms with Crippen molar-refractivity contribution in [1.82, 2.24) is 4.90 Å². The summed E-state index contributed by atoms with van der Waals surface area (Å²) in [6.07, 6.45) is 0.741. The van der Waals surface area contributed by atoms with E-state index < -0.39 is 9.84 Å². The Morgan fingerprint density at radius 2 is 2.08 bits per heavy atom. The van der Waals surface area contributed by atoms with Gasteiger partial charge in [0.05, 0.1) is 31.9 Å². The Bertz CT molecular complexity index is 745. The highest BCUT2D eigenvalue weighted by Gasteiger charge is 2.37. The van der Waals surface area contributed by atoms with Crippen LogP contribution in [0, 0.1) is 6.92 Å². The summed E-state index contributed by atoms with van der Waals surface area (Å²) in [4.78, 5) is 15.5. The zero-order chi connectivity index (χ0) is 18.0. The average Bonchev–Trinajstić information content (AvgIpc) is 2.94. The number of hydrogen-bond acceptors (Lipinski definition) is 4. The van der Waals surface area contributed by atoms with Gasteiger partial charge >= 0.3 is 0 Å². The number of rotatable bonds is 4. The third kappa shape index (κ3) is 4.65. The molecule has 0 aromatic heterocycles. The second kappa shape index (κ2) is 7.51. The van der Waals surface area contributed by atoms with Crippen molar-refractivity contribution in [2.75, 3.05) is 44.3 Å². The Hall–Kier alpha value is -1.31. The number of nitrogens with one attached hydrogen (secondary N) is 1. The average molecular weight is 388 g/mol. The normalized spacial score (nSPS) is 23.6. The molecule has 0 aliphatic carbocycles. The van der Waals surface area contributed by atoms with Crippen molar-refractivity contribution in [3.8, 4) is 5.75 Å². The zero-order valence-corrected chi connectivity index (χ0v) is 15.9. The standard InChI is InChI=1S/C17H23ClN2O4S/c1-13-10-14(18)2-3-16(13)24-11-17(21)20-7-5-19(6-8-20)15-4-9-25(22,23)12-15/h2-3,10,15H,4-9,11-12H2,1H3/p+1/t15-/m1/s1. The summed E-state index contributed by atoms with van der Waals surface area (Å²) in [5.74, 6) is 1.22. The first-order valence-corrected chi connectivity index (χ1v) is 10.8. The fourth-order valence-electron chi connectivity index (χ4n) is 3.57. The first kappa shape index (κ1) is 18.5. The number of aryl methyl sites for hydroxylation is 1. The maximum Gasteiger partial charge on any atom is 0.260 e. The van der Waals surface area contributed by atoms with Crippen molar-refractivity contribution in [1.29, 1.82) is 0 Å². The second-order valence-corrected chi connectivity index (χ2v) is 9.50. The number of nitrogens with zero attached hydrogens (tertiary/aromatic N) is 1. The SMILES string of the molecule is Cc1cc(Cl)ccc1OCC(=O)N1CC[NH+]([C@@H]2CCS(=O)(=O)C2)CC1. The topological polar surface area (TPSA) is 68.1 Å². The minimum absolute atomic E-state index is 0.00954. The largest absolute Gasteiger partial charge is 0.483 e. The molecule has 0 bridgehead atoms. The van der Waals surface area contributed by atoms with Gasteiger partial charge in [0.2, 0.25) is 0 Å². The molecule has 1 aromatic rings. The van der Waals surface area contributed by atoms with Crippen molar-refractivity contribution < 1.29 is 22.8 Å². The van der Waals surface area contributed by atoms with Gasteiger partial charge in [0.1, 0.15) is 17.5 Å². The molecule has 0 unspecified atom stereocenters. The lowest BCUT2D eigenvalue weighted by molar-refractivity contribution is -0.925. The van der Waals surface area contributed by atoms with Crippen LogP contribution in [0.25, 0.3) is 0 Å². The molecule has 2 heterocycles. The molecular weight excluding hydrogens is 364 g/mol. The van der Waals surface area contributed by atoms with Crippen molar-refractivity contribution in [2.24, 2.45) is 0 Å². The Morgan fingerprint density at radius 1 is 1.36 bits per heavy atom. The van der Waals surface area contributed by atoms with Crippen LogP contribution in [0.1, 0.15) is 12.0 Å². The second-order valence-electron chi connectivity index (χ2n) is 6.84.